The summed E-state index contributed by atoms with van der Waals surface area (Å²) >= 11 is 0. The Morgan fingerprint density at radius 3 is 2.41 bits per heavy atom. The fourth-order valence-corrected chi connectivity index (χ4v) is 2.75. The van der Waals surface area contributed by atoms with E-state index in [2.05, 4.69) is 50.4 Å². The first-order chi connectivity index (χ1) is 7.95. The molecule has 2 unspecified atom stereocenters. The van der Waals surface area contributed by atoms with Crippen LogP contribution in [0.4, 0.5) is 5.69 Å². The summed E-state index contributed by atoms with van der Waals surface area (Å²) in [4.78, 5) is 0. The minimum Gasteiger partial charge on any atom is -0.378 e. The molecule has 1 aromatic rings. The first-order valence-corrected chi connectivity index (χ1v) is 6.57. The van der Waals surface area contributed by atoms with E-state index in [1.807, 2.05) is 0 Å². The zero-order valence-corrected chi connectivity index (χ0v) is 11.2. The van der Waals surface area contributed by atoms with Crippen molar-refractivity contribution in [3.63, 3.8) is 0 Å². The highest BCUT2D eigenvalue weighted by Gasteiger charge is 2.43. The van der Waals surface area contributed by atoms with Gasteiger partial charge in [-0.1, -0.05) is 31.0 Å². The van der Waals surface area contributed by atoms with E-state index >= 15 is 0 Å². The number of hydrogen-bond acceptors (Lipinski definition) is 2. The molecule has 3 N–H and O–H groups in total. The SMILES string of the molecule is Cc1ccccc1NC1(C)CCCCC1(C)N. The molecular formula is C15H24N2. The first kappa shape index (κ1) is 12.4. The van der Waals surface area contributed by atoms with Crippen molar-refractivity contribution in [3.05, 3.63) is 29.8 Å². The third kappa shape index (κ3) is 2.32. The van der Waals surface area contributed by atoms with Gasteiger partial charge in [0, 0.05) is 11.2 Å². The van der Waals surface area contributed by atoms with Gasteiger partial charge in [0.05, 0.1) is 5.54 Å². The monoisotopic (exact) mass is 232 g/mol. The van der Waals surface area contributed by atoms with Crippen LogP contribution in [0.5, 0.6) is 0 Å². The van der Waals surface area contributed by atoms with E-state index in [1.54, 1.807) is 0 Å². The standard InChI is InChI=1S/C15H24N2/c1-12-8-4-5-9-13(12)17-15(3)11-7-6-10-14(15,2)16/h4-5,8-9,17H,6-7,10-11,16H2,1-3H3. The summed E-state index contributed by atoms with van der Waals surface area (Å²) in [6.07, 6.45) is 4.76. The van der Waals surface area contributed by atoms with E-state index < -0.39 is 0 Å². The van der Waals surface area contributed by atoms with Crippen LogP contribution in [0.2, 0.25) is 0 Å². The zero-order chi connectivity index (χ0) is 12.5. The molecule has 2 atom stereocenters. The molecule has 2 heteroatoms. The summed E-state index contributed by atoms with van der Waals surface area (Å²) in [6, 6.07) is 8.44. The number of nitrogens with one attached hydrogen (secondary N) is 1. The van der Waals surface area contributed by atoms with Gasteiger partial charge in [0.15, 0.2) is 0 Å². The molecule has 0 amide bonds. The Morgan fingerprint density at radius 2 is 1.76 bits per heavy atom. The van der Waals surface area contributed by atoms with Gasteiger partial charge in [0.25, 0.3) is 0 Å². The third-order valence-corrected chi connectivity index (χ3v) is 4.44. The molecular weight excluding hydrogens is 208 g/mol. The fraction of sp³-hybridized carbons (Fsp3) is 0.600. The van der Waals surface area contributed by atoms with Crippen molar-refractivity contribution in [1.29, 1.82) is 0 Å². The zero-order valence-electron chi connectivity index (χ0n) is 11.2. The number of nitrogens with two attached hydrogens (primary N) is 1. The second-order valence-corrected chi connectivity index (χ2v) is 5.90. The fourth-order valence-electron chi connectivity index (χ4n) is 2.75. The van der Waals surface area contributed by atoms with Crippen molar-refractivity contribution in [2.75, 3.05) is 5.32 Å². The van der Waals surface area contributed by atoms with Gasteiger partial charge in [0.1, 0.15) is 0 Å². The largest absolute Gasteiger partial charge is 0.378 e. The number of hydrogen-bond donors (Lipinski definition) is 2. The maximum atomic E-state index is 6.49. The molecule has 0 heterocycles. The Hall–Kier alpha value is -1.02. The average molecular weight is 232 g/mol. The van der Waals surface area contributed by atoms with Crippen molar-refractivity contribution < 1.29 is 0 Å². The molecule has 2 rings (SSSR count). The van der Waals surface area contributed by atoms with E-state index in [0.29, 0.717) is 0 Å². The maximum Gasteiger partial charge on any atom is 0.0522 e. The lowest BCUT2D eigenvalue weighted by molar-refractivity contribution is 0.203. The van der Waals surface area contributed by atoms with Crippen molar-refractivity contribution in [2.45, 2.75) is 57.5 Å². The van der Waals surface area contributed by atoms with Crippen LogP contribution >= 0.6 is 0 Å². The Bertz CT molecular complexity index is 398. The molecule has 0 saturated heterocycles. The van der Waals surface area contributed by atoms with Gasteiger partial charge >= 0.3 is 0 Å². The van der Waals surface area contributed by atoms with Crippen LogP contribution in [-0.4, -0.2) is 11.1 Å². The summed E-state index contributed by atoms with van der Waals surface area (Å²) in [7, 11) is 0. The van der Waals surface area contributed by atoms with Gasteiger partial charge in [0.2, 0.25) is 0 Å². The number of para-hydroxylation sites is 1. The molecule has 0 radical (unpaired) electrons. The topological polar surface area (TPSA) is 38.0 Å². The lowest BCUT2D eigenvalue weighted by Gasteiger charge is -2.49. The van der Waals surface area contributed by atoms with Gasteiger partial charge in [-0.05, 0) is 45.2 Å². The minimum absolute atomic E-state index is 0.00262. The predicted molar refractivity (Wildman–Crippen MR) is 74.3 cm³/mol. The lowest BCUT2D eigenvalue weighted by atomic mass is 9.69. The smallest absolute Gasteiger partial charge is 0.0522 e. The minimum atomic E-state index is -0.131. The molecule has 1 aromatic carbocycles. The van der Waals surface area contributed by atoms with Crippen LogP contribution in [0.15, 0.2) is 24.3 Å². The Labute approximate surface area is 105 Å². The van der Waals surface area contributed by atoms with Gasteiger partial charge < -0.3 is 11.1 Å². The third-order valence-electron chi connectivity index (χ3n) is 4.44. The Morgan fingerprint density at radius 1 is 1.12 bits per heavy atom. The summed E-state index contributed by atoms with van der Waals surface area (Å²) in [5, 5.41) is 3.69. The molecule has 17 heavy (non-hydrogen) atoms. The first-order valence-electron chi connectivity index (χ1n) is 6.57. The van der Waals surface area contributed by atoms with Crippen molar-refractivity contribution >= 4 is 5.69 Å². The van der Waals surface area contributed by atoms with E-state index in [9.17, 15) is 0 Å². The maximum absolute atomic E-state index is 6.49. The van der Waals surface area contributed by atoms with Crippen LogP contribution < -0.4 is 11.1 Å². The van der Waals surface area contributed by atoms with Crippen LogP contribution in [-0.2, 0) is 0 Å². The van der Waals surface area contributed by atoms with Crippen LogP contribution in [0, 0.1) is 6.92 Å². The van der Waals surface area contributed by atoms with Crippen molar-refractivity contribution in [1.82, 2.24) is 0 Å². The van der Waals surface area contributed by atoms with E-state index in [-0.39, 0.29) is 11.1 Å². The van der Waals surface area contributed by atoms with Crippen LogP contribution in [0.3, 0.4) is 0 Å². The van der Waals surface area contributed by atoms with Gasteiger partial charge in [-0.3, -0.25) is 0 Å². The predicted octanol–water partition coefficient (Wildman–Crippen LogP) is 3.46. The van der Waals surface area contributed by atoms with Gasteiger partial charge in [-0.25, -0.2) is 0 Å². The van der Waals surface area contributed by atoms with Crippen molar-refractivity contribution in [2.24, 2.45) is 5.73 Å². The molecule has 0 bridgehead atoms. The quantitative estimate of drug-likeness (QED) is 0.819. The van der Waals surface area contributed by atoms with Gasteiger partial charge in [-0.15, -0.1) is 0 Å². The van der Waals surface area contributed by atoms with E-state index in [1.165, 1.54) is 24.1 Å². The number of rotatable bonds is 2. The molecule has 1 fully saturated rings. The summed E-state index contributed by atoms with van der Waals surface area (Å²) in [5.41, 5.74) is 8.86. The summed E-state index contributed by atoms with van der Waals surface area (Å²) in [5.74, 6) is 0. The normalized spacial score (nSPS) is 33.4. The molecule has 0 aliphatic heterocycles. The summed E-state index contributed by atoms with van der Waals surface area (Å²) in [6.45, 7) is 6.58. The van der Waals surface area contributed by atoms with E-state index in [0.717, 1.165) is 12.8 Å². The Balaban J connectivity index is 2.24. The Kier molecular flexibility index (Phi) is 3.17. The van der Waals surface area contributed by atoms with Crippen LogP contribution in [0.25, 0.3) is 0 Å². The number of anilines is 1. The highest BCUT2D eigenvalue weighted by atomic mass is 15.0. The second-order valence-electron chi connectivity index (χ2n) is 5.90. The second kappa shape index (κ2) is 4.34. The molecule has 1 aliphatic rings. The molecule has 0 aromatic heterocycles. The summed E-state index contributed by atoms with van der Waals surface area (Å²) < 4.78 is 0. The van der Waals surface area contributed by atoms with Crippen molar-refractivity contribution in [3.8, 4) is 0 Å². The lowest BCUT2D eigenvalue weighted by Crippen LogP contribution is -2.62. The van der Waals surface area contributed by atoms with Crippen LogP contribution in [0.1, 0.15) is 45.1 Å². The number of aryl methyl sites for hydroxylation is 1. The molecule has 94 valence electrons. The molecule has 1 saturated carbocycles. The number of benzene rings is 1. The highest BCUT2D eigenvalue weighted by Crippen LogP contribution is 2.38. The average Bonchev–Trinajstić information content (AvgIpc) is 2.26. The van der Waals surface area contributed by atoms with Gasteiger partial charge in [-0.2, -0.15) is 0 Å². The van der Waals surface area contributed by atoms with E-state index in [4.69, 9.17) is 5.73 Å². The molecule has 0 spiro atoms. The molecule has 1 aliphatic carbocycles. The highest BCUT2D eigenvalue weighted by molar-refractivity contribution is 5.53. The molecule has 2 nitrogen and oxygen atoms in total.